The predicted octanol–water partition coefficient (Wildman–Crippen LogP) is 5.53. The smallest absolute Gasteiger partial charge is 0.251 e. The van der Waals surface area contributed by atoms with Crippen LogP contribution >= 0.6 is 0 Å². The molecule has 0 atom stereocenters. The fourth-order valence-electron chi connectivity index (χ4n) is 4.65. The first-order valence-electron chi connectivity index (χ1n) is 12.5. The summed E-state index contributed by atoms with van der Waals surface area (Å²) in [6.45, 7) is 1.69. The van der Waals surface area contributed by atoms with Crippen molar-refractivity contribution in [1.29, 1.82) is 0 Å². The zero-order valence-electron chi connectivity index (χ0n) is 21.4. The normalized spacial score (nSPS) is 11.4. The number of amides is 1. The van der Waals surface area contributed by atoms with Crippen LogP contribution < -0.4 is 10.1 Å². The summed E-state index contributed by atoms with van der Waals surface area (Å²) in [5, 5.41) is 5.14. The SMILES string of the molecule is COc1ccc2[nH]c3cnc(-c4cccnc4)cc3c2c1-c1ccc(C(=O)NCCCCN(C)C)cc1. The van der Waals surface area contributed by atoms with Crippen molar-refractivity contribution in [3.63, 3.8) is 0 Å². The summed E-state index contributed by atoms with van der Waals surface area (Å²) < 4.78 is 5.79. The van der Waals surface area contributed by atoms with Gasteiger partial charge in [-0.1, -0.05) is 12.1 Å². The lowest BCUT2D eigenvalue weighted by Crippen LogP contribution is -2.25. The molecule has 3 heterocycles. The number of unbranched alkanes of at least 4 members (excludes halogenated alkanes) is 1. The van der Waals surface area contributed by atoms with E-state index in [-0.39, 0.29) is 5.91 Å². The summed E-state index contributed by atoms with van der Waals surface area (Å²) in [6, 6.07) is 17.7. The third-order valence-corrected chi connectivity index (χ3v) is 6.54. The standard InChI is InChI=1S/C30H31N5O2/c1-35(2)16-5-4-15-32-30(36)21-10-8-20(9-11-21)28-27(37-3)13-12-24-29(28)23-17-25(33-19-26(23)34-24)22-7-6-14-31-18-22/h6-14,17-19,34H,4-5,15-16H2,1-3H3,(H,32,36). The quantitative estimate of drug-likeness (QED) is 0.264. The molecular weight excluding hydrogens is 462 g/mol. The summed E-state index contributed by atoms with van der Waals surface area (Å²) in [5.74, 6) is 0.715. The number of carbonyl (C=O) groups is 1. The molecular formula is C30H31N5O2. The van der Waals surface area contributed by atoms with E-state index in [1.807, 2.05) is 60.9 Å². The van der Waals surface area contributed by atoms with E-state index in [0.29, 0.717) is 12.1 Å². The Hall–Kier alpha value is -4.23. The first-order valence-corrected chi connectivity index (χ1v) is 12.5. The van der Waals surface area contributed by atoms with Crippen molar-refractivity contribution >= 4 is 27.7 Å². The van der Waals surface area contributed by atoms with Crippen LogP contribution in [-0.2, 0) is 0 Å². The topological polar surface area (TPSA) is 83.1 Å². The van der Waals surface area contributed by atoms with Gasteiger partial charge in [-0.3, -0.25) is 14.8 Å². The van der Waals surface area contributed by atoms with Gasteiger partial charge in [0.15, 0.2) is 0 Å². The first-order chi connectivity index (χ1) is 18.0. The lowest BCUT2D eigenvalue weighted by Gasteiger charge is -2.12. The zero-order chi connectivity index (χ0) is 25.8. The molecule has 37 heavy (non-hydrogen) atoms. The average molecular weight is 494 g/mol. The van der Waals surface area contributed by atoms with Crippen molar-refractivity contribution in [1.82, 2.24) is 25.2 Å². The Balaban J connectivity index is 1.48. The molecule has 1 amide bonds. The molecule has 0 saturated carbocycles. The number of fused-ring (bicyclic) bond motifs is 3. The van der Waals surface area contributed by atoms with E-state index in [0.717, 1.165) is 69.3 Å². The van der Waals surface area contributed by atoms with E-state index in [1.165, 1.54) is 0 Å². The number of H-pyrrole nitrogens is 1. The van der Waals surface area contributed by atoms with Crippen LogP contribution in [0.15, 0.2) is 73.2 Å². The number of aromatic nitrogens is 3. The molecule has 0 aliphatic carbocycles. The predicted molar refractivity (Wildman–Crippen MR) is 149 cm³/mol. The van der Waals surface area contributed by atoms with Crippen LogP contribution in [0.25, 0.3) is 44.2 Å². The Kier molecular flexibility index (Phi) is 7.14. The highest BCUT2D eigenvalue weighted by molar-refractivity contribution is 6.16. The Morgan fingerprint density at radius 1 is 1.00 bits per heavy atom. The van der Waals surface area contributed by atoms with Crippen molar-refractivity contribution in [2.45, 2.75) is 12.8 Å². The van der Waals surface area contributed by atoms with Gasteiger partial charge in [0.1, 0.15) is 5.75 Å². The van der Waals surface area contributed by atoms with E-state index in [1.54, 1.807) is 13.3 Å². The van der Waals surface area contributed by atoms with E-state index in [4.69, 9.17) is 4.74 Å². The molecule has 0 radical (unpaired) electrons. The van der Waals surface area contributed by atoms with Crippen molar-refractivity contribution in [2.75, 3.05) is 34.3 Å². The van der Waals surface area contributed by atoms with E-state index in [9.17, 15) is 4.79 Å². The highest BCUT2D eigenvalue weighted by atomic mass is 16.5. The third kappa shape index (κ3) is 5.17. The minimum absolute atomic E-state index is 0.0548. The lowest BCUT2D eigenvalue weighted by molar-refractivity contribution is 0.0953. The summed E-state index contributed by atoms with van der Waals surface area (Å²) in [7, 11) is 5.80. The van der Waals surface area contributed by atoms with Crippen LogP contribution in [0, 0.1) is 0 Å². The van der Waals surface area contributed by atoms with Gasteiger partial charge in [-0.25, -0.2) is 0 Å². The number of methoxy groups -OCH3 is 1. The molecule has 3 aromatic heterocycles. The number of hydrogen-bond donors (Lipinski definition) is 2. The summed E-state index contributed by atoms with van der Waals surface area (Å²) in [5.41, 5.74) is 6.35. The maximum atomic E-state index is 12.7. The molecule has 188 valence electrons. The van der Waals surface area contributed by atoms with E-state index in [2.05, 4.69) is 45.3 Å². The molecule has 7 heteroatoms. The Morgan fingerprint density at radius 3 is 2.57 bits per heavy atom. The number of nitrogens with one attached hydrogen (secondary N) is 2. The average Bonchev–Trinajstić information content (AvgIpc) is 3.30. The second-order valence-electron chi connectivity index (χ2n) is 9.39. The number of rotatable bonds is 9. The molecule has 2 N–H and O–H groups in total. The molecule has 0 bridgehead atoms. The maximum Gasteiger partial charge on any atom is 0.251 e. The third-order valence-electron chi connectivity index (χ3n) is 6.54. The zero-order valence-corrected chi connectivity index (χ0v) is 21.4. The van der Waals surface area contributed by atoms with Gasteiger partial charge in [-0.15, -0.1) is 0 Å². The van der Waals surface area contributed by atoms with Crippen LogP contribution in [0.5, 0.6) is 5.75 Å². The van der Waals surface area contributed by atoms with Crippen LogP contribution in [0.2, 0.25) is 0 Å². The molecule has 7 nitrogen and oxygen atoms in total. The van der Waals surface area contributed by atoms with Crippen molar-refractivity contribution < 1.29 is 9.53 Å². The van der Waals surface area contributed by atoms with E-state index >= 15 is 0 Å². The van der Waals surface area contributed by atoms with Gasteiger partial charge in [0.05, 0.1) is 24.5 Å². The molecule has 5 rings (SSSR count). The lowest BCUT2D eigenvalue weighted by atomic mass is 9.97. The molecule has 0 aliphatic rings. The molecule has 0 aliphatic heterocycles. The maximum absolute atomic E-state index is 12.7. The van der Waals surface area contributed by atoms with Gasteiger partial charge in [0, 0.05) is 51.9 Å². The van der Waals surface area contributed by atoms with Crippen LogP contribution in [0.4, 0.5) is 0 Å². The van der Waals surface area contributed by atoms with Crippen molar-refractivity contribution in [3.05, 3.63) is 78.8 Å². The minimum atomic E-state index is -0.0548. The van der Waals surface area contributed by atoms with Crippen LogP contribution in [0.3, 0.4) is 0 Å². The van der Waals surface area contributed by atoms with Gasteiger partial charge >= 0.3 is 0 Å². The second-order valence-corrected chi connectivity index (χ2v) is 9.39. The Bertz CT molecular complexity index is 1530. The number of benzene rings is 2. The molecule has 0 saturated heterocycles. The number of carbonyl (C=O) groups excluding carboxylic acids is 1. The number of aromatic amines is 1. The molecule has 0 unspecified atom stereocenters. The van der Waals surface area contributed by atoms with Gasteiger partial charge in [-0.05, 0) is 81.5 Å². The van der Waals surface area contributed by atoms with Gasteiger partial charge in [-0.2, -0.15) is 0 Å². The highest BCUT2D eigenvalue weighted by Gasteiger charge is 2.17. The van der Waals surface area contributed by atoms with Gasteiger partial charge in [0.25, 0.3) is 5.91 Å². The van der Waals surface area contributed by atoms with Crippen LogP contribution in [0.1, 0.15) is 23.2 Å². The molecule has 5 aromatic rings. The number of ether oxygens (including phenoxy) is 1. The molecule has 2 aromatic carbocycles. The highest BCUT2D eigenvalue weighted by Crippen LogP contribution is 2.41. The Morgan fingerprint density at radius 2 is 1.84 bits per heavy atom. The second kappa shape index (κ2) is 10.8. The molecule has 0 spiro atoms. The van der Waals surface area contributed by atoms with Crippen LogP contribution in [-0.4, -0.2) is 60.1 Å². The van der Waals surface area contributed by atoms with Gasteiger partial charge < -0.3 is 19.9 Å². The fourth-order valence-corrected chi connectivity index (χ4v) is 4.65. The fraction of sp³-hybridized carbons (Fsp3) is 0.233. The number of pyridine rings is 2. The Labute approximate surface area is 216 Å². The van der Waals surface area contributed by atoms with E-state index < -0.39 is 0 Å². The summed E-state index contributed by atoms with van der Waals surface area (Å²) in [6.07, 6.45) is 7.44. The minimum Gasteiger partial charge on any atom is -0.496 e. The van der Waals surface area contributed by atoms with Gasteiger partial charge in [0.2, 0.25) is 0 Å². The first kappa shape index (κ1) is 24.5. The summed E-state index contributed by atoms with van der Waals surface area (Å²) >= 11 is 0. The summed E-state index contributed by atoms with van der Waals surface area (Å²) in [4.78, 5) is 27.2. The monoisotopic (exact) mass is 493 g/mol. The largest absolute Gasteiger partial charge is 0.496 e. The van der Waals surface area contributed by atoms with Crippen molar-refractivity contribution in [2.24, 2.45) is 0 Å². The number of nitrogens with zero attached hydrogens (tertiary/aromatic N) is 3. The number of hydrogen-bond acceptors (Lipinski definition) is 5. The molecule has 0 fully saturated rings. The van der Waals surface area contributed by atoms with Crippen molar-refractivity contribution in [3.8, 4) is 28.1 Å².